The predicted octanol–water partition coefficient (Wildman–Crippen LogP) is 3.70. The maximum Gasteiger partial charge on any atom is 0.208 e. The molecule has 0 radical (unpaired) electrons. The molecule has 0 spiro atoms. The van der Waals surface area contributed by atoms with E-state index in [1.54, 1.807) is 0 Å². The first-order valence-corrected chi connectivity index (χ1v) is 6.78. The van der Waals surface area contributed by atoms with Crippen molar-refractivity contribution < 1.29 is 4.42 Å². The van der Waals surface area contributed by atoms with Gasteiger partial charge in [0.1, 0.15) is 5.76 Å². The minimum atomic E-state index is 0.584. The summed E-state index contributed by atoms with van der Waals surface area (Å²) in [4.78, 5) is 4.35. The van der Waals surface area contributed by atoms with Crippen molar-refractivity contribution in [2.75, 3.05) is 0 Å². The molecule has 0 aliphatic carbocycles. The third-order valence-electron chi connectivity index (χ3n) is 3.32. The Morgan fingerprint density at radius 1 is 1.11 bits per heavy atom. The molecule has 0 atom stereocenters. The van der Waals surface area contributed by atoms with E-state index in [-0.39, 0.29) is 0 Å². The second-order valence-corrected chi connectivity index (χ2v) is 5.25. The lowest BCUT2D eigenvalue weighted by Crippen LogP contribution is -2.12. The first-order valence-electron chi connectivity index (χ1n) is 6.78. The van der Waals surface area contributed by atoms with Gasteiger partial charge in [-0.25, -0.2) is 4.98 Å². The van der Waals surface area contributed by atoms with E-state index in [0.29, 0.717) is 12.5 Å². The van der Waals surface area contributed by atoms with Gasteiger partial charge in [-0.3, -0.25) is 0 Å². The van der Waals surface area contributed by atoms with Crippen LogP contribution in [0.15, 0.2) is 28.7 Å². The maximum atomic E-state index is 5.53. The van der Waals surface area contributed by atoms with Crippen LogP contribution in [-0.2, 0) is 13.1 Å². The molecule has 1 aromatic heterocycles. The van der Waals surface area contributed by atoms with Crippen LogP contribution in [0.4, 0.5) is 0 Å². The Morgan fingerprint density at radius 2 is 1.79 bits per heavy atom. The van der Waals surface area contributed by atoms with Crippen molar-refractivity contribution in [1.82, 2.24) is 10.3 Å². The molecule has 2 aromatic rings. The second kappa shape index (κ2) is 6.02. The zero-order chi connectivity index (χ0) is 13.8. The number of hydrogen-bond acceptors (Lipinski definition) is 3. The number of nitrogens with zero attached hydrogens (tertiary/aromatic N) is 1. The van der Waals surface area contributed by atoms with Gasteiger partial charge in [-0.05, 0) is 30.9 Å². The summed E-state index contributed by atoms with van der Waals surface area (Å²) in [5, 5.41) is 3.35. The van der Waals surface area contributed by atoms with E-state index in [1.807, 2.05) is 13.8 Å². The minimum Gasteiger partial charge on any atom is -0.444 e. The van der Waals surface area contributed by atoms with Crippen LogP contribution < -0.4 is 5.32 Å². The normalized spacial score (nSPS) is 11.2. The Balaban J connectivity index is 1.85. The van der Waals surface area contributed by atoms with Crippen LogP contribution in [0.5, 0.6) is 0 Å². The van der Waals surface area contributed by atoms with Crippen LogP contribution in [0.2, 0.25) is 0 Å². The van der Waals surface area contributed by atoms with Crippen molar-refractivity contribution >= 4 is 0 Å². The van der Waals surface area contributed by atoms with Crippen LogP contribution in [0.1, 0.15) is 48.2 Å². The Kier molecular flexibility index (Phi) is 4.38. The number of oxazole rings is 1. The number of aryl methyl sites for hydroxylation is 2. The third-order valence-corrected chi connectivity index (χ3v) is 3.32. The number of hydrogen-bond donors (Lipinski definition) is 1. The van der Waals surface area contributed by atoms with Gasteiger partial charge in [0.05, 0.1) is 12.2 Å². The average molecular weight is 258 g/mol. The molecule has 0 unspecified atom stereocenters. The molecule has 0 bridgehead atoms. The SMILES string of the molecule is Cc1nc(CNCc2ccc(C(C)C)cc2)oc1C. The Bertz CT molecular complexity index is 507. The molecule has 2 rings (SSSR count). The van der Waals surface area contributed by atoms with Crippen LogP contribution in [-0.4, -0.2) is 4.98 Å². The largest absolute Gasteiger partial charge is 0.444 e. The van der Waals surface area contributed by atoms with Gasteiger partial charge in [-0.2, -0.15) is 0 Å². The van der Waals surface area contributed by atoms with Crippen LogP contribution in [0.3, 0.4) is 0 Å². The van der Waals surface area contributed by atoms with Crippen LogP contribution in [0, 0.1) is 13.8 Å². The van der Waals surface area contributed by atoms with Crippen molar-refractivity contribution in [3.63, 3.8) is 0 Å². The molecule has 3 nitrogen and oxygen atoms in total. The van der Waals surface area contributed by atoms with Crippen LogP contribution in [0.25, 0.3) is 0 Å². The molecule has 0 saturated heterocycles. The average Bonchev–Trinajstić information content (AvgIpc) is 2.69. The van der Waals surface area contributed by atoms with Crippen molar-refractivity contribution in [2.24, 2.45) is 0 Å². The predicted molar refractivity (Wildman–Crippen MR) is 77.1 cm³/mol. The molecular weight excluding hydrogens is 236 g/mol. The van der Waals surface area contributed by atoms with Crippen molar-refractivity contribution in [1.29, 1.82) is 0 Å². The highest BCUT2D eigenvalue weighted by Crippen LogP contribution is 2.14. The van der Waals surface area contributed by atoms with Gasteiger partial charge < -0.3 is 9.73 Å². The van der Waals surface area contributed by atoms with Gasteiger partial charge in [0.15, 0.2) is 0 Å². The first kappa shape index (κ1) is 13.8. The third kappa shape index (κ3) is 3.67. The van der Waals surface area contributed by atoms with Crippen LogP contribution >= 0.6 is 0 Å². The lowest BCUT2D eigenvalue weighted by molar-refractivity contribution is 0.448. The molecule has 19 heavy (non-hydrogen) atoms. The monoisotopic (exact) mass is 258 g/mol. The highest BCUT2D eigenvalue weighted by molar-refractivity contribution is 5.24. The molecule has 0 fully saturated rings. The van der Waals surface area contributed by atoms with E-state index in [1.165, 1.54) is 11.1 Å². The highest BCUT2D eigenvalue weighted by atomic mass is 16.4. The zero-order valence-corrected chi connectivity index (χ0v) is 12.2. The second-order valence-electron chi connectivity index (χ2n) is 5.25. The van der Waals surface area contributed by atoms with Gasteiger partial charge in [-0.1, -0.05) is 38.1 Å². The number of nitrogens with one attached hydrogen (secondary N) is 1. The summed E-state index contributed by atoms with van der Waals surface area (Å²) in [5.74, 6) is 2.24. The molecular formula is C16H22N2O. The molecule has 1 aromatic carbocycles. The lowest BCUT2D eigenvalue weighted by atomic mass is 10.0. The lowest BCUT2D eigenvalue weighted by Gasteiger charge is -2.07. The highest BCUT2D eigenvalue weighted by Gasteiger charge is 2.04. The quantitative estimate of drug-likeness (QED) is 0.888. The zero-order valence-electron chi connectivity index (χ0n) is 12.2. The fourth-order valence-corrected chi connectivity index (χ4v) is 1.95. The van der Waals surface area contributed by atoms with E-state index in [9.17, 15) is 0 Å². The van der Waals surface area contributed by atoms with E-state index >= 15 is 0 Å². The van der Waals surface area contributed by atoms with E-state index in [0.717, 1.165) is 23.9 Å². The summed E-state index contributed by atoms with van der Waals surface area (Å²) in [6.07, 6.45) is 0. The number of aromatic nitrogens is 1. The molecule has 0 saturated carbocycles. The summed E-state index contributed by atoms with van der Waals surface area (Å²) < 4.78 is 5.53. The minimum absolute atomic E-state index is 0.584. The summed E-state index contributed by atoms with van der Waals surface area (Å²) >= 11 is 0. The number of benzene rings is 1. The van der Waals surface area contributed by atoms with Crippen molar-refractivity contribution in [2.45, 2.75) is 46.7 Å². The molecule has 3 heteroatoms. The van der Waals surface area contributed by atoms with Crippen molar-refractivity contribution in [3.05, 3.63) is 52.7 Å². The summed E-state index contributed by atoms with van der Waals surface area (Å²) in [6.45, 7) is 9.82. The summed E-state index contributed by atoms with van der Waals surface area (Å²) in [7, 11) is 0. The standard InChI is InChI=1S/C16H22N2O/c1-11(2)15-7-5-14(6-8-15)9-17-10-16-18-12(3)13(4)19-16/h5-8,11,17H,9-10H2,1-4H3. The van der Waals surface area contributed by atoms with E-state index in [2.05, 4.69) is 48.4 Å². The number of rotatable bonds is 5. The molecule has 102 valence electrons. The molecule has 1 N–H and O–H groups in total. The molecule has 0 aliphatic heterocycles. The molecule has 0 amide bonds. The van der Waals surface area contributed by atoms with Gasteiger partial charge in [0.2, 0.25) is 5.89 Å². The summed E-state index contributed by atoms with van der Waals surface area (Å²) in [6, 6.07) is 8.74. The Labute approximate surface area is 115 Å². The van der Waals surface area contributed by atoms with E-state index < -0.39 is 0 Å². The van der Waals surface area contributed by atoms with Gasteiger partial charge in [0, 0.05) is 6.54 Å². The van der Waals surface area contributed by atoms with Gasteiger partial charge in [-0.15, -0.1) is 0 Å². The van der Waals surface area contributed by atoms with Crippen molar-refractivity contribution in [3.8, 4) is 0 Å². The Morgan fingerprint density at radius 3 is 2.32 bits per heavy atom. The van der Waals surface area contributed by atoms with Gasteiger partial charge in [0.25, 0.3) is 0 Å². The fourth-order valence-electron chi connectivity index (χ4n) is 1.95. The molecule has 0 aliphatic rings. The summed E-state index contributed by atoms with van der Waals surface area (Å²) in [5.41, 5.74) is 3.63. The fraction of sp³-hybridized carbons (Fsp3) is 0.438. The Hall–Kier alpha value is -1.61. The van der Waals surface area contributed by atoms with Gasteiger partial charge >= 0.3 is 0 Å². The maximum absolute atomic E-state index is 5.53. The first-order chi connectivity index (χ1) is 9.06. The smallest absolute Gasteiger partial charge is 0.208 e. The topological polar surface area (TPSA) is 38.1 Å². The molecule has 1 heterocycles. The van der Waals surface area contributed by atoms with E-state index in [4.69, 9.17) is 4.42 Å².